The summed E-state index contributed by atoms with van der Waals surface area (Å²) in [6.07, 6.45) is 4.46. The van der Waals surface area contributed by atoms with Gasteiger partial charge in [-0.3, -0.25) is 0 Å². The van der Waals surface area contributed by atoms with Gasteiger partial charge in [-0.1, -0.05) is 17.7 Å². The molecule has 1 atom stereocenters. The van der Waals surface area contributed by atoms with Gasteiger partial charge in [0.05, 0.1) is 4.90 Å². The quantitative estimate of drug-likeness (QED) is 0.856. The largest absolute Gasteiger partial charge is 0.302 e. The number of likely N-dealkylation sites (tertiary alicyclic amines) is 1. The first-order valence-corrected chi connectivity index (χ1v) is 9.32. The molecule has 4 nitrogen and oxygen atoms in total. The molecule has 0 bridgehead atoms. The fraction of sp³-hybridized carbons (Fsp3) is 0.625. The van der Waals surface area contributed by atoms with Crippen LogP contribution in [0.15, 0.2) is 29.2 Å². The van der Waals surface area contributed by atoms with E-state index in [1.165, 1.54) is 12.8 Å². The maximum absolute atomic E-state index is 12.8. The standard InChI is InChI=1S/C16H24N2O2S/c1-14-6-8-16(9-7-14)21(19,20)18-12-4-5-15(18)13-17-10-2-3-11-17/h6-9,15H,2-5,10-13H2,1H3. The number of benzene rings is 1. The van der Waals surface area contributed by atoms with E-state index in [0.29, 0.717) is 11.4 Å². The summed E-state index contributed by atoms with van der Waals surface area (Å²) < 4.78 is 27.4. The number of nitrogens with zero attached hydrogens (tertiary/aromatic N) is 2. The van der Waals surface area contributed by atoms with Crippen LogP contribution in [0.4, 0.5) is 0 Å². The van der Waals surface area contributed by atoms with E-state index in [4.69, 9.17) is 0 Å². The Labute approximate surface area is 127 Å². The third-order valence-corrected chi connectivity index (χ3v) is 6.58. The molecule has 2 aliphatic heterocycles. The van der Waals surface area contributed by atoms with Crippen LogP contribution in [0.3, 0.4) is 0 Å². The molecule has 0 aliphatic carbocycles. The van der Waals surface area contributed by atoms with E-state index in [1.54, 1.807) is 16.4 Å². The lowest BCUT2D eigenvalue weighted by Crippen LogP contribution is -2.42. The average Bonchev–Trinajstić information content (AvgIpc) is 3.11. The van der Waals surface area contributed by atoms with E-state index in [9.17, 15) is 8.42 Å². The Hall–Kier alpha value is -0.910. The third kappa shape index (κ3) is 3.15. The van der Waals surface area contributed by atoms with Crippen molar-refractivity contribution in [1.82, 2.24) is 9.21 Å². The summed E-state index contributed by atoms with van der Waals surface area (Å²) in [5.41, 5.74) is 1.09. The maximum atomic E-state index is 12.8. The predicted molar refractivity (Wildman–Crippen MR) is 83.8 cm³/mol. The van der Waals surface area contributed by atoms with Crippen LogP contribution >= 0.6 is 0 Å². The summed E-state index contributed by atoms with van der Waals surface area (Å²) in [6, 6.07) is 7.36. The van der Waals surface area contributed by atoms with Crippen molar-refractivity contribution in [2.24, 2.45) is 0 Å². The van der Waals surface area contributed by atoms with Gasteiger partial charge in [0.1, 0.15) is 0 Å². The van der Waals surface area contributed by atoms with Gasteiger partial charge in [-0.05, 0) is 57.8 Å². The topological polar surface area (TPSA) is 40.6 Å². The molecule has 5 heteroatoms. The zero-order chi connectivity index (χ0) is 14.9. The Bertz CT molecular complexity index is 577. The Kier molecular flexibility index (Phi) is 4.33. The normalized spacial score (nSPS) is 24.7. The van der Waals surface area contributed by atoms with Gasteiger partial charge in [0, 0.05) is 19.1 Å². The summed E-state index contributed by atoms with van der Waals surface area (Å²) in [6.45, 7) is 5.77. The highest BCUT2D eigenvalue weighted by Gasteiger charge is 2.36. The van der Waals surface area contributed by atoms with E-state index in [1.807, 2.05) is 19.1 Å². The molecule has 0 radical (unpaired) electrons. The van der Waals surface area contributed by atoms with Crippen molar-refractivity contribution >= 4 is 10.0 Å². The Morgan fingerprint density at radius 3 is 2.38 bits per heavy atom. The predicted octanol–water partition coefficient (Wildman–Crippen LogP) is 2.24. The number of aryl methyl sites for hydroxylation is 1. The third-order valence-electron chi connectivity index (χ3n) is 4.62. The highest BCUT2D eigenvalue weighted by molar-refractivity contribution is 7.89. The van der Waals surface area contributed by atoms with Crippen molar-refractivity contribution in [3.8, 4) is 0 Å². The molecule has 0 aromatic heterocycles. The van der Waals surface area contributed by atoms with Gasteiger partial charge in [0.2, 0.25) is 10.0 Å². The van der Waals surface area contributed by atoms with Gasteiger partial charge >= 0.3 is 0 Å². The smallest absolute Gasteiger partial charge is 0.243 e. The zero-order valence-corrected chi connectivity index (χ0v) is 13.5. The lowest BCUT2D eigenvalue weighted by atomic mass is 10.2. The molecular formula is C16H24N2O2S. The van der Waals surface area contributed by atoms with E-state index in [-0.39, 0.29) is 6.04 Å². The Morgan fingerprint density at radius 2 is 1.71 bits per heavy atom. The van der Waals surface area contributed by atoms with Crippen LogP contribution in [-0.2, 0) is 10.0 Å². The van der Waals surface area contributed by atoms with Crippen LogP contribution in [0.1, 0.15) is 31.2 Å². The molecule has 3 rings (SSSR count). The van der Waals surface area contributed by atoms with Gasteiger partial charge in [-0.25, -0.2) is 8.42 Å². The molecule has 2 saturated heterocycles. The molecule has 2 heterocycles. The van der Waals surface area contributed by atoms with Crippen molar-refractivity contribution < 1.29 is 8.42 Å². The van der Waals surface area contributed by atoms with Crippen LogP contribution in [-0.4, -0.2) is 49.8 Å². The summed E-state index contributed by atoms with van der Waals surface area (Å²) in [7, 11) is -3.34. The van der Waals surface area contributed by atoms with Crippen LogP contribution in [0.2, 0.25) is 0 Å². The van der Waals surface area contributed by atoms with Crippen molar-refractivity contribution in [3.05, 3.63) is 29.8 Å². The number of hydrogen-bond donors (Lipinski definition) is 0. The number of hydrogen-bond acceptors (Lipinski definition) is 3. The first-order chi connectivity index (χ1) is 10.1. The second kappa shape index (κ2) is 6.07. The fourth-order valence-corrected chi connectivity index (χ4v) is 5.10. The van der Waals surface area contributed by atoms with E-state index in [2.05, 4.69) is 4.90 Å². The van der Waals surface area contributed by atoms with Crippen molar-refractivity contribution in [1.29, 1.82) is 0 Å². The molecule has 1 unspecified atom stereocenters. The van der Waals surface area contributed by atoms with Gasteiger partial charge in [0.15, 0.2) is 0 Å². The van der Waals surface area contributed by atoms with Gasteiger partial charge in [0.25, 0.3) is 0 Å². The summed E-state index contributed by atoms with van der Waals surface area (Å²) in [5.74, 6) is 0. The van der Waals surface area contributed by atoms with Crippen molar-refractivity contribution in [3.63, 3.8) is 0 Å². The number of sulfonamides is 1. The minimum Gasteiger partial charge on any atom is -0.302 e. The minimum absolute atomic E-state index is 0.148. The van der Waals surface area contributed by atoms with Gasteiger partial charge in [-0.2, -0.15) is 4.31 Å². The van der Waals surface area contributed by atoms with Crippen molar-refractivity contribution in [2.75, 3.05) is 26.2 Å². The molecule has 0 N–H and O–H groups in total. The van der Waals surface area contributed by atoms with E-state index in [0.717, 1.165) is 38.0 Å². The van der Waals surface area contributed by atoms with Crippen LogP contribution in [0, 0.1) is 6.92 Å². The molecular weight excluding hydrogens is 284 g/mol. The minimum atomic E-state index is -3.34. The molecule has 0 amide bonds. The zero-order valence-electron chi connectivity index (χ0n) is 12.7. The maximum Gasteiger partial charge on any atom is 0.243 e. The lowest BCUT2D eigenvalue weighted by molar-refractivity contribution is 0.257. The van der Waals surface area contributed by atoms with Crippen LogP contribution in [0.5, 0.6) is 0 Å². The lowest BCUT2D eigenvalue weighted by Gasteiger charge is -2.27. The molecule has 0 spiro atoms. The second-order valence-electron chi connectivity index (χ2n) is 6.23. The summed E-state index contributed by atoms with van der Waals surface area (Å²) in [4.78, 5) is 2.84. The molecule has 1 aromatic carbocycles. The van der Waals surface area contributed by atoms with Gasteiger partial charge < -0.3 is 4.90 Å². The van der Waals surface area contributed by atoms with E-state index >= 15 is 0 Å². The summed E-state index contributed by atoms with van der Waals surface area (Å²) >= 11 is 0. The molecule has 21 heavy (non-hydrogen) atoms. The molecule has 2 aliphatic rings. The van der Waals surface area contributed by atoms with Gasteiger partial charge in [-0.15, -0.1) is 0 Å². The molecule has 0 saturated carbocycles. The number of rotatable bonds is 4. The summed E-state index contributed by atoms with van der Waals surface area (Å²) in [5, 5.41) is 0. The monoisotopic (exact) mass is 308 g/mol. The van der Waals surface area contributed by atoms with Crippen LogP contribution < -0.4 is 0 Å². The Balaban J connectivity index is 1.78. The second-order valence-corrected chi connectivity index (χ2v) is 8.12. The first-order valence-electron chi connectivity index (χ1n) is 7.88. The van der Waals surface area contributed by atoms with E-state index < -0.39 is 10.0 Å². The highest BCUT2D eigenvalue weighted by Crippen LogP contribution is 2.27. The van der Waals surface area contributed by atoms with Crippen LogP contribution in [0.25, 0.3) is 0 Å². The molecule has 1 aromatic rings. The van der Waals surface area contributed by atoms with Crippen molar-refractivity contribution in [2.45, 2.75) is 43.5 Å². The highest BCUT2D eigenvalue weighted by atomic mass is 32.2. The SMILES string of the molecule is Cc1ccc(S(=O)(=O)N2CCCC2CN2CCCC2)cc1. The molecule has 116 valence electrons. The Morgan fingerprint density at radius 1 is 1.05 bits per heavy atom. The first kappa shape index (κ1) is 15.0. The fourth-order valence-electron chi connectivity index (χ4n) is 3.42. The average molecular weight is 308 g/mol. The molecule has 2 fully saturated rings.